The molecule has 100 valence electrons. The minimum absolute atomic E-state index is 0.893. The van der Waals surface area contributed by atoms with Gasteiger partial charge in [-0.15, -0.1) is 0 Å². The Morgan fingerprint density at radius 2 is 2.28 bits per heavy atom. The zero-order valence-corrected chi connectivity index (χ0v) is 11.7. The number of hydrogen-bond donors (Lipinski definition) is 1. The van der Waals surface area contributed by atoms with Crippen molar-refractivity contribution in [1.82, 2.24) is 14.9 Å². The summed E-state index contributed by atoms with van der Waals surface area (Å²) in [4.78, 5) is 6.44. The average Bonchev–Trinajstić information content (AvgIpc) is 2.95. The molecule has 1 heterocycles. The summed E-state index contributed by atoms with van der Waals surface area (Å²) >= 11 is 0. The largest absolute Gasteiger partial charge is 0.348 e. The van der Waals surface area contributed by atoms with E-state index < -0.39 is 0 Å². The number of nitrogens with one attached hydrogen (secondary N) is 1. The highest BCUT2D eigenvalue weighted by Gasteiger charge is 2.08. The van der Waals surface area contributed by atoms with Crippen LogP contribution in [-0.2, 0) is 13.6 Å². The predicted octanol–water partition coefficient (Wildman–Crippen LogP) is 2.08. The van der Waals surface area contributed by atoms with E-state index in [2.05, 4.69) is 28.0 Å². The molecule has 0 radical (unpaired) electrons. The van der Waals surface area contributed by atoms with Gasteiger partial charge in [-0.3, -0.25) is 0 Å². The Morgan fingerprint density at radius 1 is 1.44 bits per heavy atom. The summed E-state index contributed by atoms with van der Waals surface area (Å²) in [5.74, 6) is 1.00. The Kier molecular flexibility index (Phi) is 4.42. The Bertz CT molecular complexity index is 417. The van der Waals surface area contributed by atoms with Crippen molar-refractivity contribution in [3.63, 3.8) is 0 Å². The zero-order chi connectivity index (χ0) is 13.0. The molecule has 18 heavy (non-hydrogen) atoms. The molecule has 1 aromatic rings. The number of hydrogen-bond acceptors (Lipinski definition) is 3. The van der Waals surface area contributed by atoms with Gasteiger partial charge in [0.25, 0.3) is 0 Å². The molecule has 4 nitrogen and oxygen atoms in total. The van der Waals surface area contributed by atoms with Gasteiger partial charge in [-0.25, -0.2) is 4.98 Å². The molecule has 0 bridgehead atoms. The Morgan fingerprint density at radius 3 is 2.89 bits per heavy atom. The summed E-state index contributed by atoms with van der Waals surface area (Å²) in [5.41, 5.74) is 2.86. The molecule has 1 aliphatic carbocycles. The lowest BCUT2D eigenvalue weighted by Gasteiger charge is -2.13. The Balaban J connectivity index is 1.76. The molecule has 0 saturated carbocycles. The summed E-state index contributed by atoms with van der Waals surface area (Å²) in [6, 6.07) is 0. The maximum Gasteiger partial charge on any atom is 0.204 e. The van der Waals surface area contributed by atoms with Crippen LogP contribution in [0.4, 0.5) is 5.95 Å². The molecule has 1 aromatic heterocycles. The third-order valence-electron chi connectivity index (χ3n) is 3.52. The maximum atomic E-state index is 4.41. The highest BCUT2D eigenvalue weighted by Crippen LogP contribution is 2.19. The molecule has 0 saturated heterocycles. The lowest BCUT2D eigenvalue weighted by atomic mass is 10.2. The summed E-state index contributed by atoms with van der Waals surface area (Å²) in [6.07, 6.45) is 9.48. The van der Waals surface area contributed by atoms with Crippen molar-refractivity contribution in [2.45, 2.75) is 32.2 Å². The highest BCUT2D eigenvalue weighted by molar-refractivity contribution is 5.30. The Labute approximate surface area is 110 Å². The van der Waals surface area contributed by atoms with Gasteiger partial charge in [-0.2, -0.15) is 0 Å². The van der Waals surface area contributed by atoms with Gasteiger partial charge in [0.2, 0.25) is 5.95 Å². The molecule has 1 N–H and O–H groups in total. The van der Waals surface area contributed by atoms with E-state index in [1.165, 1.54) is 31.4 Å². The first-order chi connectivity index (χ1) is 8.68. The number of rotatable bonds is 6. The van der Waals surface area contributed by atoms with Gasteiger partial charge in [-0.1, -0.05) is 11.6 Å². The van der Waals surface area contributed by atoms with Crippen molar-refractivity contribution in [3.05, 3.63) is 23.5 Å². The van der Waals surface area contributed by atoms with Crippen molar-refractivity contribution >= 4 is 5.95 Å². The van der Waals surface area contributed by atoms with E-state index in [9.17, 15) is 0 Å². The third kappa shape index (κ3) is 3.13. The van der Waals surface area contributed by atoms with Crippen LogP contribution in [0.5, 0.6) is 0 Å². The SMILES string of the molecule is CN(C)c1ncc(CNCCC2=CCCC2)n1C. The molecular formula is C14H24N4. The van der Waals surface area contributed by atoms with E-state index in [1.807, 2.05) is 25.2 Å². The molecule has 4 heteroatoms. The first-order valence-corrected chi connectivity index (χ1v) is 6.75. The number of anilines is 1. The summed E-state index contributed by atoms with van der Waals surface area (Å²) in [7, 11) is 6.11. The number of aromatic nitrogens is 2. The maximum absolute atomic E-state index is 4.41. The molecule has 1 aliphatic rings. The smallest absolute Gasteiger partial charge is 0.204 e. The standard InChI is InChI=1S/C14H24N4/c1-17(2)14-16-11-13(18(14)3)10-15-9-8-12-6-4-5-7-12/h6,11,15H,4-5,7-10H2,1-3H3. The highest BCUT2D eigenvalue weighted by atomic mass is 15.3. The fourth-order valence-electron chi connectivity index (χ4n) is 2.44. The van der Waals surface area contributed by atoms with Gasteiger partial charge in [-0.05, 0) is 32.2 Å². The first-order valence-electron chi connectivity index (χ1n) is 6.75. The second-order valence-electron chi connectivity index (χ2n) is 5.18. The van der Waals surface area contributed by atoms with E-state index in [-0.39, 0.29) is 0 Å². The molecular weight excluding hydrogens is 224 g/mol. The van der Waals surface area contributed by atoms with Crippen LogP contribution in [0.1, 0.15) is 31.4 Å². The zero-order valence-electron chi connectivity index (χ0n) is 11.7. The Hall–Kier alpha value is -1.29. The van der Waals surface area contributed by atoms with Crippen molar-refractivity contribution < 1.29 is 0 Å². The van der Waals surface area contributed by atoms with E-state index in [0.29, 0.717) is 0 Å². The second kappa shape index (κ2) is 6.05. The van der Waals surface area contributed by atoms with E-state index >= 15 is 0 Å². The van der Waals surface area contributed by atoms with Gasteiger partial charge in [0.05, 0.1) is 11.9 Å². The number of imidazole rings is 1. The van der Waals surface area contributed by atoms with Crippen LogP contribution in [-0.4, -0.2) is 30.2 Å². The van der Waals surface area contributed by atoms with Gasteiger partial charge in [0.1, 0.15) is 0 Å². The van der Waals surface area contributed by atoms with E-state index in [0.717, 1.165) is 19.0 Å². The predicted molar refractivity (Wildman–Crippen MR) is 75.8 cm³/mol. The molecule has 0 aliphatic heterocycles. The first kappa shape index (κ1) is 13.1. The van der Waals surface area contributed by atoms with Crippen LogP contribution in [0.3, 0.4) is 0 Å². The van der Waals surface area contributed by atoms with Gasteiger partial charge in [0.15, 0.2) is 0 Å². The lowest BCUT2D eigenvalue weighted by molar-refractivity contribution is 0.645. The lowest BCUT2D eigenvalue weighted by Crippen LogP contribution is -2.19. The second-order valence-corrected chi connectivity index (χ2v) is 5.18. The van der Waals surface area contributed by atoms with Crippen LogP contribution < -0.4 is 10.2 Å². The summed E-state index contributed by atoms with van der Waals surface area (Å²) in [5, 5.41) is 3.50. The fraction of sp³-hybridized carbons (Fsp3) is 0.643. The molecule has 2 rings (SSSR count). The number of nitrogens with zero attached hydrogens (tertiary/aromatic N) is 3. The van der Waals surface area contributed by atoms with Crippen LogP contribution in [0, 0.1) is 0 Å². The van der Waals surface area contributed by atoms with Crippen molar-refractivity contribution in [2.75, 3.05) is 25.5 Å². The molecule has 0 amide bonds. The topological polar surface area (TPSA) is 33.1 Å². The molecule has 0 spiro atoms. The molecule has 0 fully saturated rings. The quantitative estimate of drug-likeness (QED) is 0.618. The summed E-state index contributed by atoms with van der Waals surface area (Å²) < 4.78 is 2.14. The molecule has 0 aromatic carbocycles. The van der Waals surface area contributed by atoms with Gasteiger partial charge in [0, 0.05) is 27.7 Å². The van der Waals surface area contributed by atoms with E-state index in [1.54, 1.807) is 5.57 Å². The van der Waals surface area contributed by atoms with Crippen molar-refractivity contribution in [3.8, 4) is 0 Å². The van der Waals surface area contributed by atoms with Crippen molar-refractivity contribution in [1.29, 1.82) is 0 Å². The van der Waals surface area contributed by atoms with Crippen LogP contribution >= 0.6 is 0 Å². The van der Waals surface area contributed by atoms with E-state index in [4.69, 9.17) is 0 Å². The minimum atomic E-state index is 0.893. The average molecular weight is 248 g/mol. The third-order valence-corrected chi connectivity index (χ3v) is 3.52. The van der Waals surface area contributed by atoms with Crippen LogP contribution in [0.15, 0.2) is 17.8 Å². The molecule has 0 unspecified atom stereocenters. The normalized spacial score (nSPS) is 14.9. The summed E-state index contributed by atoms with van der Waals surface area (Å²) in [6.45, 7) is 1.96. The molecule has 0 atom stereocenters. The van der Waals surface area contributed by atoms with Crippen molar-refractivity contribution in [2.24, 2.45) is 7.05 Å². The van der Waals surface area contributed by atoms with Gasteiger partial charge < -0.3 is 14.8 Å². The fourth-order valence-corrected chi connectivity index (χ4v) is 2.44. The number of allylic oxidation sites excluding steroid dienone is 1. The van der Waals surface area contributed by atoms with Crippen LogP contribution in [0.25, 0.3) is 0 Å². The monoisotopic (exact) mass is 248 g/mol. The van der Waals surface area contributed by atoms with Crippen LogP contribution in [0.2, 0.25) is 0 Å². The minimum Gasteiger partial charge on any atom is -0.348 e. The van der Waals surface area contributed by atoms with Gasteiger partial charge >= 0.3 is 0 Å².